The largest absolute Gasteiger partial charge is 0.457 e. The van der Waals surface area contributed by atoms with Gasteiger partial charge >= 0.3 is 0 Å². The van der Waals surface area contributed by atoms with Crippen LogP contribution in [-0.2, 0) is 5.41 Å². The van der Waals surface area contributed by atoms with Gasteiger partial charge in [0, 0.05) is 44.0 Å². The fourth-order valence-corrected chi connectivity index (χ4v) is 10.4. The van der Waals surface area contributed by atoms with Crippen LogP contribution in [0.2, 0.25) is 0 Å². The first-order valence-electron chi connectivity index (χ1n) is 20.0. The summed E-state index contributed by atoms with van der Waals surface area (Å²) in [5.41, 5.74) is 16.4. The van der Waals surface area contributed by atoms with Crippen LogP contribution in [0.5, 0.6) is 11.5 Å². The molecule has 1 aliphatic heterocycles. The zero-order valence-electron chi connectivity index (χ0n) is 31.4. The lowest BCUT2D eigenvalue weighted by Crippen LogP contribution is -2.32. The second-order valence-electron chi connectivity index (χ2n) is 15.6. The first kappa shape index (κ1) is 31.6. The van der Waals surface area contributed by atoms with Crippen molar-refractivity contribution in [2.24, 2.45) is 0 Å². The van der Waals surface area contributed by atoms with E-state index in [9.17, 15) is 0 Å². The Bertz CT molecular complexity index is 3440. The van der Waals surface area contributed by atoms with Gasteiger partial charge in [0.2, 0.25) is 0 Å². The Morgan fingerprint density at radius 2 is 0.793 bits per heavy atom. The van der Waals surface area contributed by atoms with Crippen molar-refractivity contribution in [3.05, 3.63) is 229 Å². The summed E-state index contributed by atoms with van der Waals surface area (Å²) in [5, 5.41) is 4.98. The number of para-hydroxylation sites is 5. The molecule has 0 atom stereocenters. The summed E-state index contributed by atoms with van der Waals surface area (Å²) in [7, 11) is 0. The van der Waals surface area contributed by atoms with E-state index in [0.717, 1.165) is 17.2 Å². The summed E-state index contributed by atoms with van der Waals surface area (Å²) in [4.78, 5) is 0. The molecule has 1 aliphatic carbocycles. The average Bonchev–Trinajstić information content (AvgIpc) is 3.90. The van der Waals surface area contributed by atoms with Gasteiger partial charge in [-0.05, 0) is 112 Å². The third-order valence-corrected chi connectivity index (χ3v) is 12.8. The van der Waals surface area contributed by atoms with Crippen molar-refractivity contribution < 1.29 is 4.74 Å². The van der Waals surface area contributed by atoms with Crippen LogP contribution in [0.15, 0.2) is 206 Å². The predicted octanol–water partition coefficient (Wildman–Crippen LogP) is 14.0. The highest BCUT2D eigenvalue weighted by molar-refractivity contribution is 6.14. The zero-order valence-corrected chi connectivity index (χ0v) is 31.4. The highest BCUT2D eigenvalue weighted by Crippen LogP contribution is 2.62. The molecule has 0 saturated carbocycles. The molecule has 58 heavy (non-hydrogen) atoms. The molecular weight excluding hydrogens is 705 g/mol. The van der Waals surface area contributed by atoms with E-state index in [2.05, 4.69) is 215 Å². The lowest BCUT2D eigenvalue weighted by molar-refractivity contribution is 0.436. The van der Waals surface area contributed by atoms with Crippen LogP contribution in [0.3, 0.4) is 0 Å². The molecule has 9 aromatic carbocycles. The van der Waals surface area contributed by atoms with Gasteiger partial charge in [0.25, 0.3) is 0 Å². The van der Waals surface area contributed by atoms with Crippen molar-refractivity contribution in [2.45, 2.75) is 5.41 Å². The normalized spacial score (nSPS) is 13.4. The number of hydrogen-bond acceptors (Lipinski definition) is 1. The fourth-order valence-electron chi connectivity index (χ4n) is 10.4. The van der Waals surface area contributed by atoms with Crippen molar-refractivity contribution in [3.8, 4) is 45.1 Å². The molecule has 2 aromatic heterocycles. The monoisotopic (exact) mass is 738 g/mol. The minimum absolute atomic E-state index is 0.539. The number of nitrogens with zero attached hydrogens (tertiary/aromatic N) is 2. The summed E-state index contributed by atoms with van der Waals surface area (Å²) >= 11 is 0. The molecule has 0 saturated heterocycles. The molecule has 0 fully saturated rings. The van der Waals surface area contributed by atoms with E-state index in [-0.39, 0.29) is 0 Å². The summed E-state index contributed by atoms with van der Waals surface area (Å²) < 4.78 is 11.5. The summed E-state index contributed by atoms with van der Waals surface area (Å²) in [6, 6.07) is 75.4. The van der Waals surface area contributed by atoms with E-state index in [1.807, 2.05) is 0 Å². The maximum atomic E-state index is 6.65. The Morgan fingerprint density at radius 3 is 1.45 bits per heavy atom. The van der Waals surface area contributed by atoms with Crippen molar-refractivity contribution in [2.75, 3.05) is 0 Å². The van der Waals surface area contributed by atoms with E-state index < -0.39 is 5.41 Å². The van der Waals surface area contributed by atoms with Gasteiger partial charge in [-0.15, -0.1) is 0 Å². The number of hydrogen-bond donors (Lipinski definition) is 0. The number of fused-ring (bicyclic) bond motifs is 15. The second-order valence-corrected chi connectivity index (χ2v) is 15.6. The van der Waals surface area contributed by atoms with Crippen LogP contribution in [-0.4, -0.2) is 9.13 Å². The molecule has 0 amide bonds. The molecule has 270 valence electrons. The Hall–Kier alpha value is -7.62. The minimum Gasteiger partial charge on any atom is -0.457 e. The number of ether oxygens (including phenoxy) is 1. The summed E-state index contributed by atoms with van der Waals surface area (Å²) in [6.45, 7) is 0. The lowest BCUT2D eigenvalue weighted by Gasteiger charge is -2.39. The smallest absolute Gasteiger partial charge is 0.132 e. The van der Waals surface area contributed by atoms with Crippen LogP contribution >= 0.6 is 0 Å². The van der Waals surface area contributed by atoms with E-state index in [4.69, 9.17) is 4.74 Å². The van der Waals surface area contributed by atoms with Gasteiger partial charge in [0.15, 0.2) is 0 Å². The van der Waals surface area contributed by atoms with Crippen molar-refractivity contribution >= 4 is 43.6 Å². The Morgan fingerprint density at radius 1 is 0.310 bits per heavy atom. The Kier molecular flexibility index (Phi) is 6.37. The fraction of sp³-hybridized carbons (Fsp3) is 0.0182. The van der Waals surface area contributed by atoms with Crippen LogP contribution in [0.4, 0.5) is 0 Å². The van der Waals surface area contributed by atoms with Crippen molar-refractivity contribution in [3.63, 3.8) is 0 Å². The van der Waals surface area contributed by atoms with E-state index in [0.29, 0.717) is 0 Å². The molecule has 13 rings (SSSR count). The van der Waals surface area contributed by atoms with Gasteiger partial charge in [0.05, 0.1) is 27.5 Å². The van der Waals surface area contributed by atoms with Gasteiger partial charge in [-0.25, -0.2) is 0 Å². The molecule has 0 bridgehead atoms. The standard InChI is InChI=1S/C55H34N2O/c1-3-15-37(16-4-1)56-49-24-12-8-20-40(49)42-31-35(27-29-50(42)56)36-28-30-51-43(32-36)44-33-41-39-19-7-9-21-45(39)55(48(41)34-52(44)57(51)38-17-5-2-6-18-38)46-22-10-13-25-53(46)58-54-26-14-11-23-47(54)55/h1-34H. The van der Waals surface area contributed by atoms with Gasteiger partial charge < -0.3 is 13.9 Å². The molecular formula is C55H34N2O. The third-order valence-electron chi connectivity index (χ3n) is 12.8. The molecule has 0 radical (unpaired) electrons. The first-order valence-corrected chi connectivity index (χ1v) is 20.0. The molecule has 0 unspecified atom stereocenters. The maximum absolute atomic E-state index is 6.65. The number of benzene rings is 9. The van der Waals surface area contributed by atoms with E-state index in [1.165, 1.54) is 93.8 Å². The predicted molar refractivity (Wildman–Crippen MR) is 238 cm³/mol. The van der Waals surface area contributed by atoms with Crippen molar-refractivity contribution in [1.29, 1.82) is 0 Å². The second kappa shape index (κ2) is 11.7. The minimum atomic E-state index is -0.539. The van der Waals surface area contributed by atoms with E-state index >= 15 is 0 Å². The zero-order chi connectivity index (χ0) is 38.0. The SMILES string of the molecule is c1ccc(-n2c3ccccc3c3cc(-c4ccc5c(c4)c4cc6c(cc4n5-c4ccccc4)C4(c5ccccc5Oc5ccccc54)c4ccccc4-6)ccc32)cc1. The molecule has 3 nitrogen and oxygen atoms in total. The summed E-state index contributed by atoms with van der Waals surface area (Å²) in [6.07, 6.45) is 0. The van der Waals surface area contributed by atoms with Crippen LogP contribution in [0.1, 0.15) is 22.3 Å². The van der Waals surface area contributed by atoms with Crippen molar-refractivity contribution in [1.82, 2.24) is 9.13 Å². The Labute approximate surface area is 335 Å². The van der Waals surface area contributed by atoms with Gasteiger partial charge in [0.1, 0.15) is 11.5 Å². The van der Waals surface area contributed by atoms with Gasteiger partial charge in [-0.2, -0.15) is 0 Å². The molecule has 1 spiro atoms. The summed E-state index contributed by atoms with van der Waals surface area (Å²) in [5.74, 6) is 1.81. The molecule has 3 heteroatoms. The lowest BCUT2D eigenvalue weighted by atomic mass is 9.66. The van der Waals surface area contributed by atoms with Gasteiger partial charge in [-0.3, -0.25) is 0 Å². The number of aromatic nitrogens is 2. The molecule has 11 aromatic rings. The average molecular weight is 739 g/mol. The molecule has 3 heterocycles. The van der Waals surface area contributed by atoms with Crippen LogP contribution in [0.25, 0.3) is 77.2 Å². The van der Waals surface area contributed by atoms with Gasteiger partial charge in [-0.1, -0.05) is 127 Å². The highest BCUT2D eigenvalue weighted by atomic mass is 16.5. The van der Waals surface area contributed by atoms with Crippen LogP contribution < -0.4 is 4.74 Å². The van der Waals surface area contributed by atoms with Crippen LogP contribution in [0, 0.1) is 0 Å². The highest BCUT2D eigenvalue weighted by Gasteiger charge is 2.51. The topological polar surface area (TPSA) is 19.1 Å². The molecule has 0 N–H and O–H groups in total. The Balaban J connectivity index is 1.09. The first-order chi connectivity index (χ1) is 28.8. The maximum Gasteiger partial charge on any atom is 0.132 e. The molecule has 2 aliphatic rings. The van der Waals surface area contributed by atoms with E-state index in [1.54, 1.807) is 0 Å². The third kappa shape index (κ3) is 4.12. The quantitative estimate of drug-likeness (QED) is 0.177. The number of rotatable bonds is 3.